The predicted octanol–water partition coefficient (Wildman–Crippen LogP) is 0.879. The van der Waals surface area contributed by atoms with Crippen molar-refractivity contribution in [1.82, 2.24) is 15.5 Å². The van der Waals surface area contributed by atoms with Crippen molar-refractivity contribution in [3.63, 3.8) is 0 Å². The van der Waals surface area contributed by atoms with Gasteiger partial charge in [-0.2, -0.15) is 0 Å². The number of nitrogens with zero attached hydrogens (tertiary/aromatic N) is 2. The third-order valence-electron chi connectivity index (χ3n) is 4.28. The Bertz CT molecular complexity index is 463. The van der Waals surface area contributed by atoms with Crippen LogP contribution in [-0.4, -0.2) is 62.8 Å². The zero-order chi connectivity index (χ0) is 15.8. The van der Waals surface area contributed by atoms with Crippen LogP contribution in [0.2, 0.25) is 0 Å². The first-order chi connectivity index (χ1) is 10.7. The van der Waals surface area contributed by atoms with E-state index < -0.39 is 0 Å². The van der Waals surface area contributed by atoms with Crippen LogP contribution in [0.5, 0.6) is 0 Å². The lowest BCUT2D eigenvalue weighted by molar-refractivity contribution is 0.265. The van der Waals surface area contributed by atoms with Gasteiger partial charge in [-0.1, -0.05) is 30.3 Å². The molecule has 1 aromatic carbocycles. The van der Waals surface area contributed by atoms with E-state index in [1.54, 1.807) is 7.05 Å². The number of aliphatic hydroxyl groups is 1. The number of aliphatic hydroxyl groups excluding tert-OH is 1. The Balaban J connectivity index is 1.77. The summed E-state index contributed by atoms with van der Waals surface area (Å²) in [6, 6.07) is 10.1. The second-order valence-electron chi connectivity index (χ2n) is 6.04. The van der Waals surface area contributed by atoms with Gasteiger partial charge in [-0.05, 0) is 31.5 Å². The van der Waals surface area contributed by atoms with Gasteiger partial charge in [0.15, 0.2) is 5.96 Å². The zero-order valence-electron chi connectivity index (χ0n) is 13.6. The van der Waals surface area contributed by atoms with Gasteiger partial charge in [0.05, 0.1) is 6.61 Å². The molecule has 0 amide bonds. The van der Waals surface area contributed by atoms with Crippen molar-refractivity contribution in [3.8, 4) is 0 Å². The maximum atomic E-state index is 9.59. The highest BCUT2D eigenvalue weighted by atomic mass is 16.3. The van der Waals surface area contributed by atoms with E-state index in [2.05, 4.69) is 27.6 Å². The van der Waals surface area contributed by atoms with Crippen LogP contribution < -0.4 is 10.6 Å². The van der Waals surface area contributed by atoms with Crippen LogP contribution in [0, 0.1) is 5.92 Å². The monoisotopic (exact) mass is 304 g/mol. The highest BCUT2D eigenvalue weighted by Crippen LogP contribution is 2.14. The SMILES string of the molecule is CN=C(NCC1CCN(C)C1)NCC(CO)c1ccccc1. The summed E-state index contributed by atoms with van der Waals surface area (Å²) < 4.78 is 0. The van der Waals surface area contributed by atoms with Crippen LogP contribution in [0.15, 0.2) is 35.3 Å². The molecule has 1 heterocycles. The molecular formula is C17H28N4O. The summed E-state index contributed by atoms with van der Waals surface area (Å²) in [6.07, 6.45) is 1.24. The van der Waals surface area contributed by atoms with Gasteiger partial charge in [-0.25, -0.2) is 0 Å². The molecule has 3 N–H and O–H groups in total. The molecule has 1 aliphatic heterocycles. The second-order valence-corrected chi connectivity index (χ2v) is 6.04. The number of hydrogen-bond acceptors (Lipinski definition) is 3. The lowest BCUT2D eigenvalue weighted by atomic mass is 10.0. The van der Waals surface area contributed by atoms with Gasteiger partial charge in [0.25, 0.3) is 0 Å². The average Bonchev–Trinajstić information content (AvgIpc) is 2.97. The Kier molecular flexibility index (Phi) is 6.68. The fourth-order valence-electron chi connectivity index (χ4n) is 2.89. The molecule has 2 atom stereocenters. The van der Waals surface area contributed by atoms with Crippen LogP contribution >= 0.6 is 0 Å². The van der Waals surface area contributed by atoms with E-state index in [1.807, 2.05) is 30.3 Å². The molecule has 122 valence electrons. The standard InChI is InChI=1S/C17H28N4O/c1-18-17(19-10-14-8-9-21(2)12-14)20-11-16(13-22)15-6-4-3-5-7-15/h3-7,14,16,22H,8-13H2,1-2H3,(H2,18,19,20). The largest absolute Gasteiger partial charge is 0.396 e. The molecule has 1 aromatic rings. The van der Waals surface area contributed by atoms with E-state index in [0.717, 1.165) is 24.6 Å². The van der Waals surface area contributed by atoms with Gasteiger partial charge >= 0.3 is 0 Å². The van der Waals surface area contributed by atoms with Crippen molar-refractivity contribution in [3.05, 3.63) is 35.9 Å². The van der Waals surface area contributed by atoms with Crippen LogP contribution in [0.25, 0.3) is 0 Å². The average molecular weight is 304 g/mol. The number of nitrogens with one attached hydrogen (secondary N) is 2. The molecule has 2 rings (SSSR count). The number of hydrogen-bond donors (Lipinski definition) is 3. The molecule has 22 heavy (non-hydrogen) atoms. The zero-order valence-corrected chi connectivity index (χ0v) is 13.6. The highest BCUT2D eigenvalue weighted by molar-refractivity contribution is 5.79. The van der Waals surface area contributed by atoms with Crippen molar-refractivity contribution in [2.24, 2.45) is 10.9 Å². The maximum Gasteiger partial charge on any atom is 0.191 e. The molecule has 2 unspecified atom stereocenters. The van der Waals surface area contributed by atoms with E-state index in [1.165, 1.54) is 13.0 Å². The number of benzene rings is 1. The molecule has 0 spiro atoms. The normalized spacial score (nSPS) is 20.9. The topological polar surface area (TPSA) is 59.9 Å². The summed E-state index contributed by atoms with van der Waals surface area (Å²) in [7, 11) is 3.95. The molecule has 0 bridgehead atoms. The van der Waals surface area contributed by atoms with E-state index in [0.29, 0.717) is 12.5 Å². The first-order valence-electron chi connectivity index (χ1n) is 8.01. The predicted molar refractivity (Wildman–Crippen MR) is 91.2 cm³/mol. The smallest absolute Gasteiger partial charge is 0.191 e. The second kappa shape index (κ2) is 8.76. The molecule has 1 fully saturated rings. The molecule has 1 aliphatic rings. The van der Waals surface area contributed by atoms with E-state index in [4.69, 9.17) is 0 Å². The Hall–Kier alpha value is -1.59. The summed E-state index contributed by atoms with van der Waals surface area (Å²) >= 11 is 0. The van der Waals surface area contributed by atoms with Gasteiger partial charge in [0.1, 0.15) is 0 Å². The number of guanidine groups is 1. The fraction of sp³-hybridized carbons (Fsp3) is 0.588. The molecule has 0 aromatic heterocycles. The minimum Gasteiger partial charge on any atom is -0.396 e. The molecule has 5 heteroatoms. The fourth-order valence-corrected chi connectivity index (χ4v) is 2.89. The minimum atomic E-state index is 0.0809. The quantitative estimate of drug-likeness (QED) is 0.539. The molecule has 1 saturated heterocycles. The van der Waals surface area contributed by atoms with Crippen molar-refractivity contribution in [2.45, 2.75) is 12.3 Å². The van der Waals surface area contributed by atoms with Crippen molar-refractivity contribution in [2.75, 3.05) is 46.9 Å². The molecule has 0 saturated carbocycles. The van der Waals surface area contributed by atoms with Crippen LogP contribution in [0.3, 0.4) is 0 Å². The first kappa shape index (κ1) is 16.8. The van der Waals surface area contributed by atoms with Gasteiger partial charge in [0.2, 0.25) is 0 Å². The van der Waals surface area contributed by atoms with Gasteiger partial charge in [0, 0.05) is 32.6 Å². The minimum absolute atomic E-state index is 0.0809. The Morgan fingerprint density at radius 2 is 2.14 bits per heavy atom. The van der Waals surface area contributed by atoms with Gasteiger partial charge < -0.3 is 20.6 Å². The third kappa shape index (κ3) is 5.00. The Morgan fingerprint density at radius 1 is 1.36 bits per heavy atom. The van der Waals surface area contributed by atoms with Crippen molar-refractivity contribution in [1.29, 1.82) is 0 Å². The summed E-state index contributed by atoms with van der Waals surface area (Å²) in [5.74, 6) is 1.58. The van der Waals surface area contributed by atoms with Gasteiger partial charge in [-0.3, -0.25) is 4.99 Å². The van der Waals surface area contributed by atoms with E-state index >= 15 is 0 Å². The van der Waals surface area contributed by atoms with Crippen LogP contribution in [0.1, 0.15) is 17.9 Å². The molecule has 5 nitrogen and oxygen atoms in total. The summed E-state index contributed by atoms with van der Waals surface area (Å²) in [5, 5.41) is 16.3. The van der Waals surface area contributed by atoms with Crippen LogP contribution in [0.4, 0.5) is 0 Å². The number of rotatable bonds is 6. The number of likely N-dealkylation sites (tertiary alicyclic amines) is 1. The lowest BCUT2D eigenvalue weighted by Crippen LogP contribution is -2.42. The van der Waals surface area contributed by atoms with Gasteiger partial charge in [-0.15, -0.1) is 0 Å². The van der Waals surface area contributed by atoms with Crippen molar-refractivity contribution < 1.29 is 5.11 Å². The Labute approximate surface area is 133 Å². The maximum absolute atomic E-state index is 9.59. The summed E-state index contributed by atoms with van der Waals surface area (Å²) in [4.78, 5) is 6.63. The lowest BCUT2D eigenvalue weighted by Gasteiger charge is -2.19. The highest BCUT2D eigenvalue weighted by Gasteiger charge is 2.19. The van der Waals surface area contributed by atoms with E-state index in [9.17, 15) is 5.11 Å². The van der Waals surface area contributed by atoms with E-state index in [-0.39, 0.29) is 12.5 Å². The van der Waals surface area contributed by atoms with Crippen LogP contribution in [-0.2, 0) is 0 Å². The molecule has 0 aliphatic carbocycles. The Morgan fingerprint density at radius 3 is 2.73 bits per heavy atom. The summed E-state index contributed by atoms with van der Waals surface area (Å²) in [6.45, 7) is 4.07. The molecule has 0 radical (unpaired) electrons. The number of aliphatic imine (C=N–C) groups is 1. The molecular weight excluding hydrogens is 276 g/mol. The third-order valence-corrected chi connectivity index (χ3v) is 4.28. The first-order valence-corrected chi connectivity index (χ1v) is 8.01. The summed E-state index contributed by atoms with van der Waals surface area (Å²) in [5.41, 5.74) is 1.14. The van der Waals surface area contributed by atoms with Crippen molar-refractivity contribution >= 4 is 5.96 Å².